The standard InChI is InChI=1S/C19H30N2O5S/c1-19(2,3)26-18(22)20-12-13-25-16-9-7-8-15(14-16)21-27(23,24)17-10-5-4-6-11-17/h7-9,14,17,21H,4-6,10-13H2,1-3H3,(H,20,22). The molecule has 0 atom stereocenters. The molecule has 0 saturated heterocycles. The third-order valence-corrected chi connectivity index (χ3v) is 5.99. The molecule has 8 heteroatoms. The van der Waals surface area contributed by atoms with Crippen LogP contribution in [0.3, 0.4) is 0 Å². The molecule has 152 valence electrons. The molecular formula is C19H30N2O5S. The Bertz CT molecular complexity index is 722. The van der Waals surface area contributed by atoms with Crippen LogP contribution in [0, 0.1) is 0 Å². The lowest BCUT2D eigenvalue weighted by atomic mass is 10.0. The van der Waals surface area contributed by atoms with E-state index in [1.54, 1.807) is 45.0 Å². The van der Waals surface area contributed by atoms with Crippen LogP contribution in [0.25, 0.3) is 0 Å². The first-order chi connectivity index (χ1) is 12.7. The van der Waals surface area contributed by atoms with E-state index in [1.165, 1.54) is 0 Å². The van der Waals surface area contributed by atoms with Gasteiger partial charge in [-0.15, -0.1) is 0 Å². The molecule has 0 spiro atoms. The molecule has 0 bridgehead atoms. The van der Waals surface area contributed by atoms with Crippen LogP contribution in [0.1, 0.15) is 52.9 Å². The van der Waals surface area contributed by atoms with Crippen molar-refractivity contribution in [3.05, 3.63) is 24.3 Å². The van der Waals surface area contributed by atoms with Crippen LogP contribution in [0.4, 0.5) is 10.5 Å². The number of rotatable bonds is 7. The fourth-order valence-electron chi connectivity index (χ4n) is 2.91. The van der Waals surface area contributed by atoms with Crippen LogP contribution < -0.4 is 14.8 Å². The molecule has 1 amide bonds. The largest absolute Gasteiger partial charge is 0.492 e. The molecule has 0 aliphatic heterocycles. The van der Waals surface area contributed by atoms with Gasteiger partial charge in [0.05, 0.1) is 17.5 Å². The second kappa shape index (κ2) is 9.30. The van der Waals surface area contributed by atoms with E-state index in [-0.39, 0.29) is 18.4 Å². The number of hydrogen-bond donors (Lipinski definition) is 2. The minimum Gasteiger partial charge on any atom is -0.492 e. The third kappa shape index (κ3) is 7.66. The molecule has 1 aromatic rings. The first-order valence-corrected chi connectivity index (χ1v) is 10.9. The summed E-state index contributed by atoms with van der Waals surface area (Å²) in [7, 11) is -3.39. The van der Waals surface area contributed by atoms with Crippen molar-refractivity contribution in [1.29, 1.82) is 0 Å². The van der Waals surface area contributed by atoms with E-state index in [0.29, 0.717) is 24.3 Å². The van der Waals surface area contributed by atoms with Crippen LogP contribution in [-0.4, -0.2) is 38.5 Å². The Balaban J connectivity index is 1.82. The van der Waals surface area contributed by atoms with Crippen LogP contribution in [0.5, 0.6) is 5.75 Å². The summed E-state index contributed by atoms with van der Waals surface area (Å²) in [5.41, 5.74) is -0.0624. The molecule has 0 heterocycles. The number of benzene rings is 1. The van der Waals surface area contributed by atoms with E-state index in [4.69, 9.17) is 9.47 Å². The summed E-state index contributed by atoms with van der Waals surface area (Å²) in [4.78, 5) is 11.6. The van der Waals surface area contributed by atoms with Gasteiger partial charge in [-0.05, 0) is 45.7 Å². The summed E-state index contributed by atoms with van der Waals surface area (Å²) in [5.74, 6) is 0.532. The summed E-state index contributed by atoms with van der Waals surface area (Å²) < 4.78 is 38.4. The Morgan fingerprint density at radius 3 is 2.56 bits per heavy atom. The minimum atomic E-state index is -3.39. The van der Waals surface area contributed by atoms with E-state index in [0.717, 1.165) is 19.3 Å². The van der Waals surface area contributed by atoms with Gasteiger partial charge in [-0.25, -0.2) is 13.2 Å². The molecule has 0 radical (unpaired) electrons. The van der Waals surface area contributed by atoms with Gasteiger partial charge in [-0.1, -0.05) is 25.3 Å². The molecule has 27 heavy (non-hydrogen) atoms. The average Bonchev–Trinajstić information content (AvgIpc) is 2.58. The highest BCUT2D eigenvalue weighted by Gasteiger charge is 2.27. The van der Waals surface area contributed by atoms with E-state index >= 15 is 0 Å². The normalized spacial score (nSPS) is 15.8. The fraction of sp³-hybridized carbons (Fsp3) is 0.632. The summed E-state index contributed by atoms with van der Waals surface area (Å²) in [6.07, 6.45) is 3.94. The lowest BCUT2D eigenvalue weighted by molar-refractivity contribution is 0.0520. The number of alkyl carbamates (subject to hydrolysis) is 1. The van der Waals surface area contributed by atoms with Gasteiger partial charge in [-0.3, -0.25) is 4.72 Å². The van der Waals surface area contributed by atoms with Crippen molar-refractivity contribution in [2.45, 2.75) is 63.7 Å². The quantitative estimate of drug-likeness (QED) is 0.684. The predicted octanol–water partition coefficient (Wildman–Crippen LogP) is 3.66. The van der Waals surface area contributed by atoms with Crippen molar-refractivity contribution in [2.24, 2.45) is 0 Å². The monoisotopic (exact) mass is 398 g/mol. The maximum Gasteiger partial charge on any atom is 0.407 e. The lowest BCUT2D eigenvalue weighted by Gasteiger charge is -2.22. The first-order valence-electron chi connectivity index (χ1n) is 9.37. The van der Waals surface area contributed by atoms with Crippen molar-refractivity contribution in [2.75, 3.05) is 17.9 Å². The number of amides is 1. The molecule has 0 unspecified atom stereocenters. The Labute approximate surface area is 161 Å². The van der Waals surface area contributed by atoms with Gasteiger partial charge in [0.25, 0.3) is 0 Å². The van der Waals surface area contributed by atoms with Gasteiger partial charge in [0.2, 0.25) is 10.0 Å². The first kappa shape index (κ1) is 21.3. The number of ether oxygens (including phenoxy) is 2. The highest BCUT2D eigenvalue weighted by atomic mass is 32.2. The van der Waals surface area contributed by atoms with Gasteiger partial charge in [0, 0.05) is 6.07 Å². The van der Waals surface area contributed by atoms with Crippen molar-refractivity contribution in [3.8, 4) is 5.75 Å². The van der Waals surface area contributed by atoms with Crippen LogP contribution in [-0.2, 0) is 14.8 Å². The lowest BCUT2D eigenvalue weighted by Crippen LogP contribution is -2.34. The molecule has 2 N–H and O–H groups in total. The van der Waals surface area contributed by atoms with E-state index in [2.05, 4.69) is 10.0 Å². The Kier molecular flexibility index (Phi) is 7.35. The van der Waals surface area contributed by atoms with Crippen molar-refractivity contribution >= 4 is 21.8 Å². The molecule has 2 rings (SSSR count). The van der Waals surface area contributed by atoms with E-state index in [1.807, 2.05) is 0 Å². The summed E-state index contributed by atoms with van der Waals surface area (Å²) in [6, 6.07) is 6.82. The second-order valence-corrected chi connectivity index (χ2v) is 9.67. The molecule has 0 aromatic heterocycles. The zero-order valence-corrected chi connectivity index (χ0v) is 17.1. The number of anilines is 1. The number of hydrogen-bond acceptors (Lipinski definition) is 5. The van der Waals surface area contributed by atoms with Crippen LogP contribution in [0.2, 0.25) is 0 Å². The molecule has 1 aliphatic carbocycles. The summed E-state index contributed by atoms with van der Waals surface area (Å²) >= 11 is 0. The highest BCUT2D eigenvalue weighted by Crippen LogP contribution is 2.26. The molecule has 7 nitrogen and oxygen atoms in total. The number of carbonyl (C=O) groups is 1. The molecule has 1 fully saturated rings. The zero-order valence-electron chi connectivity index (χ0n) is 16.3. The molecule has 1 aliphatic rings. The molecule has 1 aromatic carbocycles. The predicted molar refractivity (Wildman–Crippen MR) is 106 cm³/mol. The van der Waals surface area contributed by atoms with Crippen molar-refractivity contribution in [3.63, 3.8) is 0 Å². The number of carbonyl (C=O) groups excluding carboxylic acids is 1. The average molecular weight is 399 g/mol. The molecular weight excluding hydrogens is 368 g/mol. The Hall–Kier alpha value is -1.96. The SMILES string of the molecule is CC(C)(C)OC(=O)NCCOc1cccc(NS(=O)(=O)C2CCCCC2)c1. The van der Waals surface area contributed by atoms with Crippen LogP contribution in [0.15, 0.2) is 24.3 Å². The third-order valence-electron chi connectivity index (χ3n) is 4.12. The van der Waals surface area contributed by atoms with Crippen LogP contribution >= 0.6 is 0 Å². The van der Waals surface area contributed by atoms with Gasteiger partial charge in [0.1, 0.15) is 18.0 Å². The van der Waals surface area contributed by atoms with E-state index in [9.17, 15) is 13.2 Å². The van der Waals surface area contributed by atoms with E-state index < -0.39 is 21.7 Å². The smallest absolute Gasteiger partial charge is 0.407 e. The maximum absolute atomic E-state index is 12.5. The minimum absolute atomic E-state index is 0.248. The zero-order chi connectivity index (χ0) is 19.9. The van der Waals surface area contributed by atoms with Gasteiger partial charge >= 0.3 is 6.09 Å². The van der Waals surface area contributed by atoms with Gasteiger partial charge in [0.15, 0.2) is 0 Å². The second-order valence-electron chi connectivity index (χ2n) is 7.71. The highest BCUT2D eigenvalue weighted by molar-refractivity contribution is 7.93. The number of sulfonamides is 1. The number of nitrogens with one attached hydrogen (secondary N) is 2. The maximum atomic E-state index is 12.5. The Morgan fingerprint density at radius 1 is 1.19 bits per heavy atom. The molecule has 1 saturated carbocycles. The topological polar surface area (TPSA) is 93.7 Å². The summed E-state index contributed by atoms with van der Waals surface area (Å²) in [6.45, 7) is 5.92. The fourth-order valence-corrected chi connectivity index (χ4v) is 4.48. The Morgan fingerprint density at radius 2 is 1.89 bits per heavy atom. The van der Waals surface area contributed by atoms with Crippen molar-refractivity contribution < 1.29 is 22.7 Å². The van der Waals surface area contributed by atoms with Crippen molar-refractivity contribution in [1.82, 2.24) is 5.32 Å². The van der Waals surface area contributed by atoms with Gasteiger partial charge < -0.3 is 14.8 Å². The van der Waals surface area contributed by atoms with Gasteiger partial charge in [-0.2, -0.15) is 0 Å². The summed E-state index contributed by atoms with van der Waals surface area (Å²) in [5, 5.41) is 2.28.